The van der Waals surface area contributed by atoms with Gasteiger partial charge < -0.3 is 10.5 Å². The highest BCUT2D eigenvalue weighted by atomic mass is 32.1. The van der Waals surface area contributed by atoms with E-state index < -0.39 is 11.6 Å². The summed E-state index contributed by atoms with van der Waals surface area (Å²) in [5.41, 5.74) is 6.61. The van der Waals surface area contributed by atoms with E-state index in [0.717, 1.165) is 17.0 Å². The van der Waals surface area contributed by atoms with Crippen LogP contribution in [0.4, 0.5) is 14.5 Å². The van der Waals surface area contributed by atoms with Crippen molar-refractivity contribution in [2.24, 2.45) is 0 Å². The van der Waals surface area contributed by atoms with Gasteiger partial charge in [-0.15, -0.1) is 11.3 Å². The van der Waals surface area contributed by atoms with E-state index in [1.165, 1.54) is 11.3 Å². The second-order valence-corrected chi connectivity index (χ2v) is 4.03. The van der Waals surface area contributed by atoms with Gasteiger partial charge in [0.25, 0.3) is 0 Å². The molecule has 0 spiro atoms. The monoisotopic (exact) mass is 242 g/mol. The number of nitrogens with zero attached hydrogens (tertiary/aromatic N) is 1. The number of anilines is 1. The number of hydrogen-bond acceptors (Lipinski definition) is 4. The molecule has 0 saturated heterocycles. The second kappa shape index (κ2) is 4.44. The van der Waals surface area contributed by atoms with Crippen LogP contribution < -0.4 is 10.5 Å². The molecule has 16 heavy (non-hydrogen) atoms. The first-order valence-corrected chi connectivity index (χ1v) is 5.29. The maximum atomic E-state index is 13.3. The lowest BCUT2D eigenvalue weighted by Gasteiger charge is -2.06. The minimum Gasteiger partial charge on any atom is -0.485 e. The Morgan fingerprint density at radius 2 is 2.12 bits per heavy atom. The number of halogens is 2. The second-order valence-electron chi connectivity index (χ2n) is 3.06. The Morgan fingerprint density at radius 1 is 1.31 bits per heavy atom. The summed E-state index contributed by atoms with van der Waals surface area (Å²) < 4.78 is 31.4. The van der Waals surface area contributed by atoms with Gasteiger partial charge in [0.15, 0.2) is 11.6 Å². The highest BCUT2D eigenvalue weighted by Crippen LogP contribution is 2.24. The molecule has 2 aromatic rings. The van der Waals surface area contributed by atoms with Gasteiger partial charge in [0, 0.05) is 18.3 Å². The normalized spacial score (nSPS) is 10.4. The van der Waals surface area contributed by atoms with Crippen LogP contribution in [0.25, 0.3) is 0 Å². The molecule has 0 amide bonds. The number of rotatable bonds is 3. The van der Waals surface area contributed by atoms with Gasteiger partial charge in [-0.2, -0.15) is 0 Å². The lowest BCUT2D eigenvalue weighted by Crippen LogP contribution is -1.99. The van der Waals surface area contributed by atoms with Crippen LogP contribution in [0.3, 0.4) is 0 Å². The molecular weight excluding hydrogens is 234 g/mol. The molecule has 0 fully saturated rings. The molecule has 0 aliphatic rings. The number of benzene rings is 1. The maximum Gasteiger partial charge on any atom is 0.167 e. The van der Waals surface area contributed by atoms with Crippen molar-refractivity contribution in [3.8, 4) is 5.75 Å². The molecule has 2 rings (SSSR count). The molecule has 0 aliphatic heterocycles. The van der Waals surface area contributed by atoms with Gasteiger partial charge in [0.2, 0.25) is 0 Å². The van der Waals surface area contributed by atoms with Gasteiger partial charge in [-0.3, -0.25) is 4.98 Å². The van der Waals surface area contributed by atoms with Crippen LogP contribution in [0.2, 0.25) is 0 Å². The summed E-state index contributed by atoms with van der Waals surface area (Å²) in [4.78, 5) is 4.67. The number of aromatic nitrogens is 1. The van der Waals surface area contributed by atoms with Gasteiger partial charge in [-0.1, -0.05) is 0 Å². The Kier molecular flexibility index (Phi) is 3.00. The molecule has 1 aromatic heterocycles. The molecule has 0 atom stereocenters. The number of hydrogen-bond donors (Lipinski definition) is 1. The fourth-order valence-electron chi connectivity index (χ4n) is 1.12. The molecular formula is C10H8F2N2OS. The molecule has 6 heteroatoms. The summed E-state index contributed by atoms with van der Waals surface area (Å²) in [7, 11) is 0. The van der Waals surface area contributed by atoms with E-state index in [2.05, 4.69) is 4.98 Å². The number of nitrogens with two attached hydrogens (primary N) is 1. The molecule has 84 valence electrons. The highest BCUT2D eigenvalue weighted by molar-refractivity contribution is 7.09. The van der Waals surface area contributed by atoms with Gasteiger partial charge in [-0.25, -0.2) is 8.78 Å². The minimum absolute atomic E-state index is 0.153. The third kappa shape index (κ3) is 2.27. The van der Waals surface area contributed by atoms with Crippen LogP contribution in [0.5, 0.6) is 5.75 Å². The summed E-state index contributed by atoms with van der Waals surface area (Å²) in [5, 5.41) is 0. The van der Waals surface area contributed by atoms with Crippen molar-refractivity contribution < 1.29 is 13.5 Å². The Morgan fingerprint density at radius 3 is 2.81 bits per heavy atom. The van der Waals surface area contributed by atoms with Crippen molar-refractivity contribution in [1.82, 2.24) is 4.98 Å². The fraction of sp³-hybridized carbons (Fsp3) is 0.100. The summed E-state index contributed by atoms with van der Waals surface area (Å²) in [5.74, 6) is -1.52. The van der Waals surface area contributed by atoms with E-state index in [9.17, 15) is 8.78 Å². The minimum atomic E-state index is -0.694. The quantitative estimate of drug-likeness (QED) is 0.841. The molecule has 0 radical (unpaired) electrons. The molecule has 2 N–H and O–H groups in total. The summed E-state index contributed by atoms with van der Waals surface area (Å²) >= 11 is 1.38. The third-order valence-corrected chi connectivity index (χ3v) is 2.66. The van der Waals surface area contributed by atoms with Crippen LogP contribution in [0.15, 0.2) is 23.8 Å². The van der Waals surface area contributed by atoms with Crippen LogP contribution in [-0.2, 0) is 6.61 Å². The van der Waals surface area contributed by atoms with Crippen LogP contribution in [0.1, 0.15) is 4.88 Å². The van der Waals surface area contributed by atoms with Crippen molar-refractivity contribution in [3.05, 3.63) is 40.4 Å². The molecule has 0 bridgehead atoms. The molecule has 3 nitrogen and oxygen atoms in total. The topological polar surface area (TPSA) is 48.1 Å². The molecule has 0 aliphatic carbocycles. The van der Waals surface area contributed by atoms with Gasteiger partial charge in [0.1, 0.15) is 12.4 Å². The number of thiazole rings is 1. The summed E-state index contributed by atoms with van der Waals surface area (Å²) in [6, 6.07) is 1.84. The van der Waals surface area contributed by atoms with Crippen LogP contribution in [-0.4, -0.2) is 4.98 Å². The van der Waals surface area contributed by atoms with Gasteiger partial charge in [-0.05, 0) is 0 Å². The Balaban J connectivity index is 2.12. The highest BCUT2D eigenvalue weighted by Gasteiger charge is 2.09. The Labute approximate surface area is 94.5 Å². The summed E-state index contributed by atoms with van der Waals surface area (Å²) in [6.07, 6.45) is 1.61. The van der Waals surface area contributed by atoms with Crippen LogP contribution in [0, 0.1) is 11.6 Å². The van der Waals surface area contributed by atoms with E-state index in [4.69, 9.17) is 10.5 Å². The molecule has 1 heterocycles. The zero-order valence-electron chi connectivity index (χ0n) is 8.11. The first-order chi connectivity index (χ1) is 7.66. The van der Waals surface area contributed by atoms with Crippen molar-refractivity contribution in [3.63, 3.8) is 0 Å². The number of ether oxygens (including phenoxy) is 1. The predicted molar refractivity (Wildman–Crippen MR) is 57.2 cm³/mol. The largest absolute Gasteiger partial charge is 0.485 e. The molecule has 0 unspecified atom stereocenters. The van der Waals surface area contributed by atoms with Crippen molar-refractivity contribution in [2.75, 3.05) is 5.73 Å². The smallest absolute Gasteiger partial charge is 0.167 e. The molecule has 1 aromatic carbocycles. The zero-order valence-corrected chi connectivity index (χ0v) is 8.93. The van der Waals surface area contributed by atoms with E-state index in [-0.39, 0.29) is 18.0 Å². The summed E-state index contributed by atoms with van der Waals surface area (Å²) in [6.45, 7) is 0.158. The van der Waals surface area contributed by atoms with Crippen molar-refractivity contribution in [2.45, 2.75) is 6.61 Å². The first kappa shape index (κ1) is 10.8. The zero-order chi connectivity index (χ0) is 11.5. The SMILES string of the molecule is Nc1cc(F)c(OCc2cncs2)cc1F. The third-order valence-electron chi connectivity index (χ3n) is 1.90. The Bertz CT molecular complexity index is 488. The van der Waals surface area contributed by atoms with E-state index in [0.29, 0.717) is 0 Å². The maximum absolute atomic E-state index is 13.3. The molecule has 0 saturated carbocycles. The average Bonchev–Trinajstić information content (AvgIpc) is 2.74. The van der Waals surface area contributed by atoms with Gasteiger partial charge in [0.05, 0.1) is 16.1 Å². The fourth-order valence-corrected chi connectivity index (χ4v) is 1.62. The average molecular weight is 242 g/mol. The lowest BCUT2D eigenvalue weighted by atomic mass is 10.3. The first-order valence-electron chi connectivity index (χ1n) is 4.41. The number of nitrogen functional groups attached to an aromatic ring is 1. The van der Waals surface area contributed by atoms with E-state index >= 15 is 0 Å². The lowest BCUT2D eigenvalue weighted by molar-refractivity contribution is 0.291. The Hall–Kier alpha value is -1.69. The van der Waals surface area contributed by atoms with E-state index in [1.54, 1.807) is 11.7 Å². The van der Waals surface area contributed by atoms with Crippen molar-refractivity contribution in [1.29, 1.82) is 0 Å². The van der Waals surface area contributed by atoms with E-state index in [1.807, 2.05) is 0 Å². The van der Waals surface area contributed by atoms with Crippen molar-refractivity contribution >= 4 is 17.0 Å². The standard InChI is InChI=1S/C10H8F2N2OS/c11-7-2-10(8(12)1-9(7)13)15-4-6-3-14-5-16-6/h1-3,5H,4,13H2. The van der Waals surface area contributed by atoms with Crippen LogP contribution >= 0.6 is 11.3 Å². The van der Waals surface area contributed by atoms with Gasteiger partial charge >= 0.3 is 0 Å². The predicted octanol–water partition coefficient (Wildman–Crippen LogP) is 2.58.